The van der Waals surface area contributed by atoms with Crippen LogP contribution in [0.4, 0.5) is 0 Å². The van der Waals surface area contributed by atoms with Crippen LogP contribution in [0.5, 0.6) is 5.75 Å². The number of pyridine rings is 1. The van der Waals surface area contributed by atoms with E-state index in [1.165, 1.54) is 18.4 Å². The Hall–Kier alpha value is -1.91. The minimum Gasteiger partial charge on any atom is -0.487 e. The van der Waals surface area contributed by atoms with Crippen molar-refractivity contribution in [3.05, 3.63) is 59.9 Å². The zero-order valence-electron chi connectivity index (χ0n) is 15.5. The highest BCUT2D eigenvalue weighted by atomic mass is 16.5. The van der Waals surface area contributed by atoms with Crippen molar-refractivity contribution >= 4 is 0 Å². The van der Waals surface area contributed by atoms with Crippen LogP contribution in [0.15, 0.2) is 48.7 Å². The molecule has 0 spiro atoms. The second-order valence-corrected chi connectivity index (χ2v) is 7.91. The first-order valence-electron chi connectivity index (χ1n) is 9.70. The fourth-order valence-corrected chi connectivity index (χ4v) is 4.14. The standard InChI is InChI=1S/C22H28N2O2/c1-17-14-24(13-11-22(17,25)19-7-8-19)15-18-5-9-21(10-6-18)26-16-20-4-2-3-12-23-20/h2-6,9-10,12,17,19,25H,7-8,11,13-16H2,1H3/t17-,22+/m1/s1. The SMILES string of the molecule is C[C@@H]1CN(Cc2ccc(OCc3ccccn3)cc2)CC[C@@]1(O)C1CC1. The van der Waals surface area contributed by atoms with E-state index in [0.29, 0.717) is 18.4 Å². The molecule has 2 atom stereocenters. The van der Waals surface area contributed by atoms with Crippen molar-refractivity contribution in [3.8, 4) is 5.75 Å². The van der Waals surface area contributed by atoms with Gasteiger partial charge in [0.25, 0.3) is 0 Å². The number of benzene rings is 1. The highest BCUT2D eigenvalue weighted by molar-refractivity contribution is 5.27. The summed E-state index contributed by atoms with van der Waals surface area (Å²) in [6.07, 6.45) is 5.11. The lowest BCUT2D eigenvalue weighted by molar-refractivity contribution is -0.0832. The number of hydrogen-bond donors (Lipinski definition) is 1. The quantitative estimate of drug-likeness (QED) is 0.862. The van der Waals surface area contributed by atoms with E-state index in [4.69, 9.17) is 4.74 Å². The molecule has 26 heavy (non-hydrogen) atoms. The van der Waals surface area contributed by atoms with Crippen molar-refractivity contribution in [1.29, 1.82) is 0 Å². The van der Waals surface area contributed by atoms with Gasteiger partial charge in [-0.2, -0.15) is 0 Å². The molecule has 0 radical (unpaired) electrons. The molecular weight excluding hydrogens is 324 g/mol. The van der Waals surface area contributed by atoms with Crippen molar-refractivity contribution in [2.45, 2.75) is 44.9 Å². The molecule has 4 heteroatoms. The third-order valence-corrected chi connectivity index (χ3v) is 5.94. The summed E-state index contributed by atoms with van der Waals surface area (Å²) in [5.74, 6) is 1.77. The lowest BCUT2D eigenvalue weighted by Gasteiger charge is -2.43. The van der Waals surface area contributed by atoms with Gasteiger partial charge >= 0.3 is 0 Å². The summed E-state index contributed by atoms with van der Waals surface area (Å²) in [5, 5.41) is 10.9. The monoisotopic (exact) mass is 352 g/mol. The van der Waals surface area contributed by atoms with E-state index in [-0.39, 0.29) is 0 Å². The molecule has 2 heterocycles. The third-order valence-electron chi connectivity index (χ3n) is 5.94. The highest BCUT2D eigenvalue weighted by Gasteiger charge is 2.49. The number of likely N-dealkylation sites (tertiary alicyclic amines) is 1. The molecule has 1 aliphatic carbocycles. The number of aromatic nitrogens is 1. The molecule has 138 valence electrons. The van der Waals surface area contributed by atoms with Gasteiger partial charge in [0.1, 0.15) is 12.4 Å². The van der Waals surface area contributed by atoms with Crippen molar-refractivity contribution in [3.63, 3.8) is 0 Å². The minimum atomic E-state index is -0.417. The van der Waals surface area contributed by atoms with Gasteiger partial charge in [0.2, 0.25) is 0 Å². The molecule has 0 unspecified atom stereocenters. The molecule has 4 nitrogen and oxygen atoms in total. The molecule has 2 aliphatic rings. The van der Waals surface area contributed by atoms with E-state index in [2.05, 4.69) is 28.9 Å². The smallest absolute Gasteiger partial charge is 0.130 e. The van der Waals surface area contributed by atoms with Gasteiger partial charge in [-0.05, 0) is 60.9 Å². The van der Waals surface area contributed by atoms with Gasteiger partial charge in [-0.25, -0.2) is 0 Å². The van der Waals surface area contributed by atoms with Crippen molar-refractivity contribution < 1.29 is 9.84 Å². The van der Waals surface area contributed by atoms with Crippen molar-refractivity contribution in [2.24, 2.45) is 11.8 Å². The van der Waals surface area contributed by atoms with E-state index >= 15 is 0 Å². The van der Waals surface area contributed by atoms with Gasteiger partial charge in [0.05, 0.1) is 11.3 Å². The van der Waals surface area contributed by atoms with Crippen LogP contribution in [0.3, 0.4) is 0 Å². The molecule has 1 aromatic heterocycles. The molecule has 1 aromatic carbocycles. The van der Waals surface area contributed by atoms with Crippen LogP contribution in [-0.2, 0) is 13.2 Å². The Bertz CT molecular complexity index is 715. The van der Waals surface area contributed by atoms with Crippen LogP contribution in [0.25, 0.3) is 0 Å². The first-order valence-corrected chi connectivity index (χ1v) is 9.70. The van der Waals surface area contributed by atoms with Crippen LogP contribution < -0.4 is 4.74 Å². The lowest BCUT2D eigenvalue weighted by Crippen LogP contribution is -2.51. The van der Waals surface area contributed by atoms with Crippen LogP contribution in [0, 0.1) is 11.8 Å². The molecule has 1 saturated carbocycles. The van der Waals surface area contributed by atoms with E-state index in [0.717, 1.165) is 37.5 Å². The lowest BCUT2D eigenvalue weighted by atomic mass is 9.78. The Labute approximate surface area is 155 Å². The molecule has 2 aromatic rings. The summed E-state index contributed by atoms with van der Waals surface area (Å²) in [7, 11) is 0. The van der Waals surface area contributed by atoms with Crippen molar-refractivity contribution in [1.82, 2.24) is 9.88 Å². The normalized spacial score (nSPS) is 26.6. The maximum atomic E-state index is 10.9. The molecule has 2 fully saturated rings. The fraction of sp³-hybridized carbons (Fsp3) is 0.500. The van der Waals surface area contributed by atoms with Crippen LogP contribution in [0.1, 0.15) is 37.4 Å². The summed E-state index contributed by atoms with van der Waals surface area (Å²) in [4.78, 5) is 6.74. The number of nitrogens with zero attached hydrogens (tertiary/aromatic N) is 2. The van der Waals surface area contributed by atoms with Gasteiger partial charge in [-0.3, -0.25) is 9.88 Å². The maximum absolute atomic E-state index is 10.9. The van der Waals surface area contributed by atoms with Crippen LogP contribution >= 0.6 is 0 Å². The highest BCUT2D eigenvalue weighted by Crippen LogP contribution is 2.47. The minimum absolute atomic E-state index is 0.352. The average Bonchev–Trinajstić information content (AvgIpc) is 3.51. The number of rotatable bonds is 6. The zero-order chi connectivity index (χ0) is 18.0. The summed E-state index contributed by atoms with van der Waals surface area (Å²) >= 11 is 0. The number of aliphatic hydroxyl groups is 1. The van der Waals surface area contributed by atoms with Crippen LogP contribution in [0.2, 0.25) is 0 Å². The summed E-state index contributed by atoms with van der Waals surface area (Å²) in [6.45, 7) is 5.59. The van der Waals surface area contributed by atoms with Gasteiger partial charge in [0, 0.05) is 25.8 Å². The maximum Gasteiger partial charge on any atom is 0.130 e. The summed E-state index contributed by atoms with van der Waals surface area (Å²) in [6, 6.07) is 14.2. The summed E-state index contributed by atoms with van der Waals surface area (Å²) < 4.78 is 5.81. The van der Waals surface area contributed by atoms with E-state index in [9.17, 15) is 5.11 Å². The molecule has 0 bridgehead atoms. The fourth-order valence-electron chi connectivity index (χ4n) is 4.14. The molecular formula is C22H28N2O2. The molecule has 1 saturated heterocycles. The first kappa shape index (κ1) is 17.5. The molecule has 1 N–H and O–H groups in total. The zero-order valence-corrected chi connectivity index (χ0v) is 15.5. The second-order valence-electron chi connectivity index (χ2n) is 7.91. The Kier molecular flexibility index (Phi) is 4.96. The Morgan fingerprint density at radius 1 is 1.19 bits per heavy atom. The van der Waals surface area contributed by atoms with Gasteiger partial charge < -0.3 is 9.84 Å². The average molecular weight is 352 g/mol. The largest absolute Gasteiger partial charge is 0.487 e. The number of hydrogen-bond acceptors (Lipinski definition) is 4. The van der Waals surface area contributed by atoms with Gasteiger partial charge in [-0.15, -0.1) is 0 Å². The first-order chi connectivity index (χ1) is 12.6. The Morgan fingerprint density at radius 2 is 2.00 bits per heavy atom. The van der Waals surface area contributed by atoms with E-state index in [1.54, 1.807) is 6.20 Å². The molecule has 4 rings (SSSR count). The number of piperidine rings is 1. The van der Waals surface area contributed by atoms with Gasteiger partial charge in [0.15, 0.2) is 0 Å². The van der Waals surface area contributed by atoms with E-state index in [1.807, 2.05) is 30.3 Å². The third kappa shape index (κ3) is 3.92. The van der Waals surface area contributed by atoms with Gasteiger partial charge in [-0.1, -0.05) is 25.1 Å². The topological polar surface area (TPSA) is 45.6 Å². The van der Waals surface area contributed by atoms with E-state index < -0.39 is 5.60 Å². The van der Waals surface area contributed by atoms with Crippen LogP contribution in [-0.4, -0.2) is 33.7 Å². The Balaban J connectivity index is 1.29. The predicted molar refractivity (Wildman–Crippen MR) is 102 cm³/mol. The molecule has 1 aliphatic heterocycles. The number of ether oxygens (including phenoxy) is 1. The second kappa shape index (κ2) is 7.37. The Morgan fingerprint density at radius 3 is 2.65 bits per heavy atom. The summed E-state index contributed by atoms with van der Waals surface area (Å²) in [5.41, 5.74) is 1.81. The molecule has 0 amide bonds. The predicted octanol–water partition coefficient (Wildman–Crippen LogP) is 3.64. The van der Waals surface area contributed by atoms with Crippen molar-refractivity contribution in [2.75, 3.05) is 13.1 Å².